The first-order chi connectivity index (χ1) is 6.38. The van der Waals surface area contributed by atoms with Crippen LogP contribution in [-0.4, -0.2) is 15.8 Å². The van der Waals surface area contributed by atoms with Crippen LogP contribution >= 0.6 is 0 Å². The van der Waals surface area contributed by atoms with Crippen molar-refractivity contribution in [2.45, 2.75) is 31.8 Å². The predicted octanol–water partition coefficient (Wildman–Crippen LogP) is 1.63. The smallest absolute Gasteiger partial charge is 0.0538 e. The molecule has 1 aliphatic carbocycles. The molecule has 0 saturated heterocycles. The molecule has 13 heavy (non-hydrogen) atoms. The summed E-state index contributed by atoms with van der Waals surface area (Å²) in [5.41, 5.74) is 1.23. The van der Waals surface area contributed by atoms with Gasteiger partial charge in [0.05, 0.1) is 6.20 Å². The van der Waals surface area contributed by atoms with E-state index in [1.807, 2.05) is 12.4 Å². The molecule has 1 saturated carbocycles. The Hall–Kier alpha value is -1.09. The van der Waals surface area contributed by atoms with Gasteiger partial charge in [0.2, 0.25) is 0 Å². The highest BCUT2D eigenvalue weighted by Crippen LogP contribution is 2.18. The van der Waals surface area contributed by atoms with Gasteiger partial charge in [0, 0.05) is 30.5 Å². The molecular weight excluding hydrogens is 162 g/mol. The number of aromatic nitrogens is 2. The highest BCUT2D eigenvalue weighted by atomic mass is 15.2. The molecule has 0 bridgehead atoms. The zero-order valence-electron chi connectivity index (χ0n) is 7.74. The lowest BCUT2D eigenvalue weighted by Crippen LogP contribution is -2.34. The summed E-state index contributed by atoms with van der Waals surface area (Å²) in [4.78, 5) is 0. The van der Waals surface area contributed by atoms with Crippen LogP contribution < -0.4 is 5.32 Å². The molecule has 2 rings (SSSR count). The summed E-state index contributed by atoms with van der Waals surface area (Å²) in [6.07, 6.45) is 9.62. The van der Waals surface area contributed by atoms with Gasteiger partial charge in [-0.3, -0.25) is 0 Å². The van der Waals surface area contributed by atoms with Gasteiger partial charge < -0.3 is 5.32 Å². The number of rotatable bonds is 4. The molecule has 1 aliphatic rings. The Balaban J connectivity index is 1.82. The Labute approximate surface area is 78.4 Å². The van der Waals surface area contributed by atoms with Crippen LogP contribution in [0.2, 0.25) is 0 Å². The van der Waals surface area contributed by atoms with E-state index in [-0.39, 0.29) is 0 Å². The van der Waals surface area contributed by atoms with Gasteiger partial charge >= 0.3 is 0 Å². The fourth-order valence-electron chi connectivity index (χ4n) is 1.44. The van der Waals surface area contributed by atoms with E-state index in [9.17, 15) is 0 Å². The van der Waals surface area contributed by atoms with Crippen LogP contribution in [0.15, 0.2) is 19.0 Å². The van der Waals surface area contributed by atoms with Crippen LogP contribution in [0.1, 0.15) is 24.8 Å². The van der Waals surface area contributed by atoms with Gasteiger partial charge in [0.25, 0.3) is 0 Å². The molecule has 0 aliphatic heterocycles. The van der Waals surface area contributed by atoms with Gasteiger partial charge in [-0.25, -0.2) is 4.68 Å². The summed E-state index contributed by atoms with van der Waals surface area (Å²) in [5, 5.41) is 7.60. The zero-order chi connectivity index (χ0) is 9.10. The number of nitrogens with zero attached hydrogens (tertiary/aromatic N) is 2. The molecule has 0 unspecified atom stereocenters. The Kier molecular flexibility index (Phi) is 2.45. The topological polar surface area (TPSA) is 29.9 Å². The van der Waals surface area contributed by atoms with Crippen LogP contribution in [0.4, 0.5) is 0 Å². The lowest BCUT2D eigenvalue weighted by molar-refractivity contribution is 0.338. The van der Waals surface area contributed by atoms with Crippen molar-refractivity contribution in [2.24, 2.45) is 0 Å². The number of nitrogens with one attached hydrogen (secondary N) is 1. The summed E-state index contributed by atoms with van der Waals surface area (Å²) in [6.45, 7) is 4.58. The third-order valence-electron chi connectivity index (χ3n) is 2.54. The first-order valence-corrected chi connectivity index (χ1v) is 4.77. The minimum absolute atomic E-state index is 0.743. The Morgan fingerprint density at radius 1 is 1.69 bits per heavy atom. The van der Waals surface area contributed by atoms with Crippen molar-refractivity contribution in [2.75, 3.05) is 0 Å². The lowest BCUT2D eigenvalue weighted by Gasteiger charge is -2.26. The number of hydrogen-bond donors (Lipinski definition) is 1. The average molecular weight is 177 g/mol. The van der Waals surface area contributed by atoms with Gasteiger partial charge in [-0.2, -0.15) is 5.10 Å². The van der Waals surface area contributed by atoms with Gasteiger partial charge in [0.15, 0.2) is 0 Å². The summed E-state index contributed by atoms with van der Waals surface area (Å²) >= 11 is 0. The molecule has 1 aromatic heterocycles. The largest absolute Gasteiger partial charge is 0.310 e. The highest BCUT2D eigenvalue weighted by Gasteiger charge is 2.16. The fourth-order valence-corrected chi connectivity index (χ4v) is 1.44. The van der Waals surface area contributed by atoms with Crippen molar-refractivity contribution in [1.82, 2.24) is 15.1 Å². The third kappa shape index (κ3) is 1.98. The first-order valence-electron chi connectivity index (χ1n) is 4.77. The summed E-state index contributed by atoms with van der Waals surface area (Å²) in [6, 6.07) is 0.743. The molecule has 0 atom stereocenters. The second-order valence-electron chi connectivity index (χ2n) is 3.52. The van der Waals surface area contributed by atoms with E-state index in [0.717, 1.165) is 12.6 Å². The van der Waals surface area contributed by atoms with Crippen LogP contribution in [0.25, 0.3) is 6.20 Å². The van der Waals surface area contributed by atoms with Gasteiger partial charge in [-0.05, 0) is 12.8 Å². The van der Waals surface area contributed by atoms with E-state index >= 15 is 0 Å². The van der Waals surface area contributed by atoms with Gasteiger partial charge in [-0.15, -0.1) is 0 Å². The molecule has 1 fully saturated rings. The van der Waals surface area contributed by atoms with Crippen molar-refractivity contribution >= 4 is 6.20 Å². The SMILES string of the molecule is C=Cn1cc(CNC2CCC2)cn1. The molecule has 1 heterocycles. The molecule has 0 amide bonds. The minimum Gasteiger partial charge on any atom is -0.310 e. The van der Waals surface area contributed by atoms with Crippen molar-refractivity contribution in [3.63, 3.8) is 0 Å². The molecule has 70 valence electrons. The highest BCUT2D eigenvalue weighted by molar-refractivity contribution is 5.17. The molecule has 0 radical (unpaired) electrons. The van der Waals surface area contributed by atoms with Crippen LogP contribution in [0.5, 0.6) is 0 Å². The maximum absolute atomic E-state index is 4.12. The van der Waals surface area contributed by atoms with E-state index in [0.29, 0.717) is 0 Å². The van der Waals surface area contributed by atoms with Crippen molar-refractivity contribution in [1.29, 1.82) is 0 Å². The lowest BCUT2D eigenvalue weighted by atomic mass is 9.93. The predicted molar refractivity (Wildman–Crippen MR) is 53.1 cm³/mol. The number of hydrogen-bond acceptors (Lipinski definition) is 2. The monoisotopic (exact) mass is 177 g/mol. The van der Waals surface area contributed by atoms with Crippen molar-refractivity contribution in [3.8, 4) is 0 Å². The minimum atomic E-state index is 0.743. The molecular formula is C10H15N3. The first kappa shape index (κ1) is 8.51. The standard InChI is InChI=1S/C10H15N3/c1-2-13-8-9(7-12-13)6-11-10-4-3-5-10/h2,7-8,10-11H,1,3-6H2. The van der Waals surface area contributed by atoms with E-state index in [1.165, 1.54) is 24.8 Å². The summed E-state index contributed by atoms with van der Waals surface area (Å²) in [7, 11) is 0. The Morgan fingerprint density at radius 2 is 2.54 bits per heavy atom. The second-order valence-corrected chi connectivity index (χ2v) is 3.52. The van der Waals surface area contributed by atoms with E-state index in [4.69, 9.17) is 0 Å². The fraction of sp³-hybridized carbons (Fsp3) is 0.500. The molecule has 3 nitrogen and oxygen atoms in total. The Bertz CT molecular complexity index is 286. The van der Waals surface area contributed by atoms with Crippen LogP contribution in [0, 0.1) is 0 Å². The molecule has 1 aromatic rings. The molecule has 0 spiro atoms. The van der Waals surface area contributed by atoms with E-state index in [1.54, 1.807) is 10.9 Å². The van der Waals surface area contributed by atoms with Crippen molar-refractivity contribution < 1.29 is 0 Å². The van der Waals surface area contributed by atoms with Gasteiger partial charge in [0.1, 0.15) is 0 Å². The molecule has 0 aromatic carbocycles. The average Bonchev–Trinajstić information content (AvgIpc) is 2.49. The third-order valence-corrected chi connectivity index (χ3v) is 2.54. The van der Waals surface area contributed by atoms with E-state index < -0.39 is 0 Å². The summed E-state index contributed by atoms with van der Waals surface area (Å²) in [5.74, 6) is 0. The van der Waals surface area contributed by atoms with Crippen LogP contribution in [0.3, 0.4) is 0 Å². The Morgan fingerprint density at radius 3 is 3.08 bits per heavy atom. The normalized spacial score (nSPS) is 16.9. The quantitative estimate of drug-likeness (QED) is 0.757. The van der Waals surface area contributed by atoms with Crippen LogP contribution in [-0.2, 0) is 6.54 Å². The molecule has 3 heteroatoms. The molecule has 1 N–H and O–H groups in total. The van der Waals surface area contributed by atoms with Gasteiger partial charge in [-0.1, -0.05) is 13.0 Å². The maximum Gasteiger partial charge on any atom is 0.0538 e. The van der Waals surface area contributed by atoms with Crippen molar-refractivity contribution in [3.05, 3.63) is 24.5 Å². The zero-order valence-corrected chi connectivity index (χ0v) is 7.74. The second kappa shape index (κ2) is 3.75. The van der Waals surface area contributed by atoms with E-state index in [2.05, 4.69) is 17.0 Å². The summed E-state index contributed by atoms with van der Waals surface area (Å²) < 4.78 is 1.73. The maximum atomic E-state index is 4.12.